The van der Waals surface area contributed by atoms with Crippen molar-refractivity contribution in [3.05, 3.63) is 37.9 Å². The predicted molar refractivity (Wildman–Crippen MR) is 97.8 cm³/mol. The molecule has 0 N–H and O–H groups in total. The molecule has 0 radical (unpaired) electrons. The molecule has 13 heteroatoms. The summed E-state index contributed by atoms with van der Waals surface area (Å²) in [6.45, 7) is 6.95. The second-order valence-electron chi connectivity index (χ2n) is 5.70. The second kappa shape index (κ2) is 8.97. The van der Waals surface area contributed by atoms with E-state index in [-0.39, 0.29) is 38.3 Å². The molecule has 0 amide bonds. The molecular formula is C15H22F3N4O5P. The summed E-state index contributed by atoms with van der Waals surface area (Å²) in [5.41, 5.74) is -3.90. The molecule has 0 atom stereocenters. The van der Waals surface area contributed by atoms with Crippen LogP contribution in [0.25, 0.3) is 0 Å². The Morgan fingerprint density at radius 3 is 1.43 bits per heavy atom. The number of nitro benzene ring substituents is 2. The van der Waals surface area contributed by atoms with Crippen LogP contribution >= 0.6 is 7.44 Å². The fourth-order valence-corrected chi connectivity index (χ4v) is 6.37. The SMILES string of the molecule is CCN(CC)P(=O)(c1c([N+](=O)[O-])cc(C(F)(F)F)cc1[N+](=O)[O-])N(CC)CC. The minimum absolute atomic E-state index is 0.125. The molecule has 28 heavy (non-hydrogen) atoms. The fourth-order valence-electron chi connectivity index (χ4n) is 3.02. The monoisotopic (exact) mass is 426 g/mol. The number of alkyl halides is 3. The molecule has 0 spiro atoms. The summed E-state index contributed by atoms with van der Waals surface area (Å²) in [4.78, 5) is 20.8. The summed E-state index contributed by atoms with van der Waals surface area (Å²) in [6.07, 6.45) is -5.04. The Kier molecular flexibility index (Phi) is 7.69. The van der Waals surface area contributed by atoms with Gasteiger partial charge in [0.15, 0.2) is 5.30 Å². The van der Waals surface area contributed by atoms with Crippen molar-refractivity contribution in [2.45, 2.75) is 33.9 Å². The standard InChI is InChI=1S/C15H22F3N4O5P/c1-5-19(6-2)28(27,20(7-3)8-4)14-12(21(23)24)9-11(15(16,17)18)10-13(14)22(25)26/h9-10H,5-8H2,1-4H3. The molecule has 9 nitrogen and oxygen atoms in total. The molecule has 0 fully saturated rings. The Bertz CT molecular complexity index is 743. The first-order valence-electron chi connectivity index (χ1n) is 8.55. The van der Waals surface area contributed by atoms with E-state index in [4.69, 9.17) is 0 Å². The van der Waals surface area contributed by atoms with Gasteiger partial charge in [-0.3, -0.25) is 24.8 Å². The van der Waals surface area contributed by atoms with Crippen LogP contribution in [0, 0.1) is 20.2 Å². The van der Waals surface area contributed by atoms with Gasteiger partial charge in [-0.2, -0.15) is 13.2 Å². The quantitative estimate of drug-likeness (QED) is 0.333. The number of benzene rings is 1. The van der Waals surface area contributed by atoms with Crippen LogP contribution in [-0.4, -0.2) is 45.4 Å². The Hall–Kier alpha value is -2.04. The maximum atomic E-state index is 14.1. The van der Waals surface area contributed by atoms with Gasteiger partial charge in [0.05, 0.1) is 15.4 Å². The molecule has 158 valence electrons. The summed E-state index contributed by atoms with van der Waals surface area (Å²) in [6, 6.07) is 0.421. The fraction of sp³-hybridized carbons (Fsp3) is 0.600. The first-order valence-corrected chi connectivity index (χ1v) is 10.2. The summed E-state index contributed by atoms with van der Waals surface area (Å²) < 4.78 is 56.2. The van der Waals surface area contributed by atoms with Gasteiger partial charge in [-0.25, -0.2) is 9.34 Å². The highest BCUT2D eigenvalue weighted by atomic mass is 31.2. The molecule has 0 aliphatic carbocycles. The lowest BCUT2D eigenvalue weighted by Gasteiger charge is -2.37. The third-order valence-corrected chi connectivity index (χ3v) is 8.01. The minimum atomic E-state index is -5.04. The average Bonchev–Trinajstić information content (AvgIpc) is 2.61. The molecule has 0 saturated heterocycles. The van der Waals surface area contributed by atoms with E-state index in [1.807, 2.05) is 0 Å². The third kappa shape index (κ3) is 4.34. The van der Waals surface area contributed by atoms with Crippen molar-refractivity contribution in [3.8, 4) is 0 Å². The lowest BCUT2D eigenvalue weighted by atomic mass is 10.1. The normalized spacial score (nSPS) is 12.6. The van der Waals surface area contributed by atoms with Crippen molar-refractivity contribution in [1.29, 1.82) is 0 Å². The Balaban J connectivity index is 4.15. The number of hydrogen-bond donors (Lipinski definition) is 0. The van der Waals surface area contributed by atoms with E-state index in [9.17, 15) is 38.0 Å². The van der Waals surface area contributed by atoms with Gasteiger partial charge in [-0.05, 0) is 0 Å². The van der Waals surface area contributed by atoms with Gasteiger partial charge in [0.1, 0.15) is 0 Å². The minimum Gasteiger partial charge on any atom is -0.283 e. The van der Waals surface area contributed by atoms with Crippen LogP contribution in [0.15, 0.2) is 12.1 Å². The number of nitrogens with zero attached hydrogens (tertiary/aromatic N) is 4. The largest absolute Gasteiger partial charge is 0.416 e. The van der Waals surface area contributed by atoms with Crippen molar-refractivity contribution < 1.29 is 27.6 Å². The third-order valence-electron chi connectivity index (χ3n) is 4.31. The van der Waals surface area contributed by atoms with Crippen molar-refractivity contribution in [3.63, 3.8) is 0 Å². The first-order chi connectivity index (χ1) is 12.9. The van der Waals surface area contributed by atoms with Crippen LogP contribution in [0.2, 0.25) is 0 Å². The average molecular weight is 426 g/mol. The molecule has 0 bridgehead atoms. The van der Waals surface area contributed by atoms with E-state index in [1.54, 1.807) is 27.7 Å². The van der Waals surface area contributed by atoms with E-state index in [0.29, 0.717) is 0 Å². The van der Waals surface area contributed by atoms with Gasteiger partial charge < -0.3 is 0 Å². The summed E-state index contributed by atoms with van der Waals surface area (Å²) in [5.74, 6) is 0. The molecule has 1 aromatic rings. The van der Waals surface area contributed by atoms with E-state index < -0.39 is 45.7 Å². The highest BCUT2D eigenvalue weighted by molar-refractivity contribution is 7.67. The second-order valence-corrected chi connectivity index (χ2v) is 8.36. The van der Waals surface area contributed by atoms with Crippen LogP contribution in [0.4, 0.5) is 24.5 Å². The molecule has 1 aromatic carbocycles. The summed E-state index contributed by atoms with van der Waals surface area (Å²) in [5, 5.41) is 22.4. The molecule has 0 unspecified atom stereocenters. The zero-order valence-corrected chi connectivity index (χ0v) is 16.8. The van der Waals surface area contributed by atoms with Gasteiger partial charge in [0, 0.05) is 38.3 Å². The topological polar surface area (TPSA) is 110 Å². The molecular weight excluding hydrogens is 404 g/mol. The molecule has 0 aliphatic rings. The Morgan fingerprint density at radius 2 is 1.21 bits per heavy atom. The number of nitro groups is 2. The van der Waals surface area contributed by atoms with E-state index in [2.05, 4.69) is 0 Å². The zero-order chi connectivity index (χ0) is 21.9. The molecule has 0 aromatic heterocycles. The lowest BCUT2D eigenvalue weighted by Crippen LogP contribution is -2.38. The van der Waals surface area contributed by atoms with E-state index in [0.717, 1.165) is 0 Å². The van der Waals surface area contributed by atoms with Crippen molar-refractivity contribution in [2.75, 3.05) is 26.2 Å². The Morgan fingerprint density at radius 1 is 0.893 bits per heavy atom. The van der Waals surface area contributed by atoms with Crippen LogP contribution in [-0.2, 0) is 10.7 Å². The van der Waals surface area contributed by atoms with Gasteiger partial charge in [0.25, 0.3) is 18.8 Å². The molecule has 0 aliphatic heterocycles. The van der Waals surface area contributed by atoms with Gasteiger partial charge in [-0.15, -0.1) is 0 Å². The van der Waals surface area contributed by atoms with Crippen molar-refractivity contribution in [1.82, 2.24) is 9.34 Å². The highest BCUT2D eigenvalue weighted by Gasteiger charge is 2.48. The smallest absolute Gasteiger partial charge is 0.283 e. The zero-order valence-electron chi connectivity index (χ0n) is 15.9. The lowest BCUT2D eigenvalue weighted by molar-refractivity contribution is -0.392. The van der Waals surface area contributed by atoms with Gasteiger partial charge in [-0.1, -0.05) is 27.7 Å². The van der Waals surface area contributed by atoms with Crippen LogP contribution in [0.1, 0.15) is 33.3 Å². The predicted octanol–water partition coefficient (Wildman–Crippen LogP) is 4.02. The summed E-state index contributed by atoms with van der Waals surface area (Å²) >= 11 is 0. The van der Waals surface area contributed by atoms with Gasteiger partial charge >= 0.3 is 6.18 Å². The molecule has 0 saturated carbocycles. The van der Waals surface area contributed by atoms with Crippen LogP contribution in [0.5, 0.6) is 0 Å². The van der Waals surface area contributed by atoms with Crippen molar-refractivity contribution >= 4 is 24.1 Å². The first kappa shape index (κ1) is 24.0. The van der Waals surface area contributed by atoms with Crippen LogP contribution < -0.4 is 5.30 Å². The number of hydrogen-bond acceptors (Lipinski definition) is 5. The summed E-state index contributed by atoms with van der Waals surface area (Å²) in [7, 11) is -4.13. The van der Waals surface area contributed by atoms with E-state index >= 15 is 0 Å². The molecule has 0 heterocycles. The maximum Gasteiger partial charge on any atom is 0.416 e. The Labute approximate surface area is 159 Å². The highest BCUT2D eigenvalue weighted by Crippen LogP contribution is 2.56. The van der Waals surface area contributed by atoms with Crippen LogP contribution in [0.3, 0.4) is 0 Å². The van der Waals surface area contributed by atoms with Gasteiger partial charge in [0.2, 0.25) is 0 Å². The number of rotatable bonds is 9. The maximum absolute atomic E-state index is 14.1. The van der Waals surface area contributed by atoms with Crippen molar-refractivity contribution in [2.24, 2.45) is 0 Å². The van der Waals surface area contributed by atoms with E-state index in [1.165, 1.54) is 9.34 Å². The number of halogens is 3. The molecule has 1 rings (SSSR count).